The molecule has 0 aromatic heterocycles. The summed E-state index contributed by atoms with van der Waals surface area (Å²) in [4.78, 5) is 11.6. The molecular weight excluding hydrogens is 263 g/mol. The first kappa shape index (κ1) is 12.2. The second-order valence-corrected chi connectivity index (χ2v) is 4.16. The van der Waals surface area contributed by atoms with E-state index in [0.29, 0.717) is 6.42 Å². The molecule has 0 unspecified atom stereocenters. The van der Waals surface area contributed by atoms with Gasteiger partial charge in [-0.2, -0.15) is 0 Å². The Bertz CT molecular complexity index is 377. The molecule has 2 nitrogen and oxygen atoms in total. The minimum Gasteiger partial charge on any atom is -0.506 e. The van der Waals surface area contributed by atoms with Crippen LogP contribution in [0.4, 0.5) is 4.39 Å². The van der Waals surface area contributed by atoms with Gasteiger partial charge in [0.2, 0.25) is 0 Å². The highest BCUT2D eigenvalue weighted by Gasteiger charge is 2.14. The van der Waals surface area contributed by atoms with Crippen LogP contribution in [0, 0.1) is 5.82 Å². The number of phenols is 1. The highest BCUT2D eigenvalue weighted by molar-refractivity contribution is 9.10. The standard InChI is InChI=1S/C11H12BrFO2/c1-2-3-4-10(14)8-5-7(13)6-9(12)11(8)15/h5-6,15H,2-4H2,1H3. The summed E-state index contributed by atoms with van der Waals surface area (Å²) in [6.45, 7) is 1.97. The largest absolute Gasteiger partial charge is 0.506 e. The van der Waals surface area contributed by atoms with Gasteiger partial charge in [0.15, 0.2) is 5.78 Å². The number of hydrogen-bond donors (Lipinski definition) is 1. The number of benzene rings is 1. The first-order chi connectivity index (χ1) is 7.06. The van der Waals surface area contributed by atoms with Crippen LogP contribution in [0.3, 0.4) is 0 Å². The summed E-state index contributed by atoms with van der Waals surface area (Å²) in [5.74, 6) is -0.938. The molecular formula is C11H12BrFO2. The second-order valence-electron chi connectivity index (χ2n) is 3.31. The number of aromatic hydroxyl groups is 1. The quantitative estimate of drug-likeness (QED) is 0.851. The zero-order valence-electron chi connectivity index (χ0n) is 8.39. The average Bonchev–Trinajstić information content (AvgIpc) is 2.19. The third kappa shape index (κ3) is 3.02. The number of ketones is 1. The van der Waals surface area contributed by atoms with E-state index in [4.69, 9.17) is 0 Å². The van der Waals surface area contributed by atoms with Crippen LogP contribution in [0.25, 0.3) is 0 Å². The van der Waals surface area contributed by atoms with E-state index >= 15 is 0 Å². The lowest BCUT2D eigenvalue weighted by Gasteiger charge is -2.05. The zero-order chi connectivity index (χ0) is 11.4. The van der Waals surface area contributed by atoms with Gasteiger partial charge in [-0.3, -0.25) is 4.79 Å². The van der Waals surface area contributed by atoms with Gasteiger partial charge < -0.3 is 5.11 Å². The van der Waals surface area contributed by atoms with Crippen LogP contribution in [-0.2, 0) is 0 Å². The molecule has 0 saturated heterocycles. The van der Waals surface area contributed by atoms with Gasteiger partial charge >= 0.3 is 0 Å². The molecule has 1 aromatic carbocycles. The van der Waals surface area contributed by atoms with Gasteiger partial charge in [0.1, 0.15) is 11.6 Å². The number of halogens is 2. The van der Waals surface area contributed by atoms with Crippen molar-refractivity contribution in [1.29, 1.82) is 0 Å². The summed E-state index contributed by atoms with van der Waals surface area (Å²) >= 11 is 2.99. The first-order valence-electron chi connectivity index (χ1n) is 4.77. The van der Waals surface area contributed by atoms with Crippen LogP contribution in [0.2, 0.25) is 0 Å². The minimum atomic E-state index is -0.528. The molecule has 82 valence electrons. The summed E-state index contributed by atoms with van der Waals surface area (Å²) in [5, 5.41) is 9.56. The number of hydrogen-bond acceptors (Lipinski definition) is 2. The highest BCUT2D eigenvalue weighted by Crippen LogP contribution is 2.30. The fraction of sp³-hybridized carbons (Fsp3) is 0.364. The van der Waals surface area contributed by atoms with Crippen LogP contribution < -0.4 is 0 Å². The van der Waals surface area contributed by atoms with E-state index in [0.717, 1.165) is 25.0 Å². The van der Waals surface area contributed by atoms with E-state index in [1.165, 1.54) is 0 Å². The number of Topliss-reactive ketones (excluding diaryl/α,β-unsaturated/α-hetero) is 1. The van der Waals surface area contributed by atoms with Crippen molar-refractivity contribution >= 4 is 21.7 Å². The number of rotatable bonds is 4. The van der Waals surface area contributed by atoms with Crippen LogP contribution in [-0.4, -0.2) is 10.9 Å². The topological polar surface area (TPSA) is 37.3 Å². The number of unbranched alkanes of at least 4 members (excludes halogenated alkanes) is 1. The minimum absolute atomic E-state index is 0.0512. The lowest BCUT2D eigenvalue weighted by Crippen LogP contribution is -2.00. The lowest BCUT2D eigenvalue weighted by atomic mass is 10.0. The predicted octanol–water partition coefficient (Wildman–Crippen LogP) is 3.67. The highest BCUT2D eigenvalue weighted by atomic mass is 79.9. The van der Waals surface area contributed by atoms with E-state index in [9.17, 15) is 14.3 Å². The summed E-state index contributed by atoms with van der Waals surface area (Å²) in [6.07, 6.45) is 1.97. The fourth-order valence-electron chi connectivity index (χ4n) is 1.25. The van der Waals surface area contributed by atoms with Crippen molar-refractivity contribution in [2.75, 3.05) is 0 Å². The number of phenolic OH excluding ortho intramolecular Hbond substituents is 1. The Labute approximate surface area is 96.2 Å². The van der Waals surface area contributed by atoms with Gasteiger partial charge in [-0.1, -0.05) is 13.3 Å². The Morgan fingerprint density at radius 2 is 2.20 bits per heavy atom. The van der Waals surface area contributed by atoms with Crippen LogP contribution in [0.15, 0.2) is 16.6 Å². The van der Waals surface area contributed by atoms with Crippen molar-refractivity contribution < 1.29 is 14.3 Å². The summed E-state index contributed by atoms with van der Waals surface area (Å²) in [6, 6.07) is 2.20. The predicted molar refractivity (Wildman–Crippen MR) is 59.6 cm³/mol. The van der Waals surface area contributed by atoms with Gasteiger partial charge in [-0.05, 0) is 34.5 Å². The molecule has 0 spiro atoms. The molecule has 4 heteroatoms. The van der Waals surface area contributed by atoms with E-state index in [1.54, 1.807) is 0 Å². The molecule has 0 heterocycles. The van der Waals surface area contributed by atoms with Crippen molar-refractivity contribution in [2.24, 2.45) is 0 Å². The van der Waals surface area contributed by atoms with E-state index in [2.05, 4.69) is 15.9 Å². The Morgan fingerprint density at radius 1 is 1.53 bits per heavy atom. The van der Waals surface area contributed by atoms with Gasteiger partial charge in [0, 0.05) is 6.42 Å². The van der Waals surface area contributed by atoms with Crippen molar-refractivity contribution in [2.45, 2.75) is 26.2 Å². The van der Waals surface area contributed by atoms with Crippen molar-refractivity contribution in [3.05, 3.63) is 28.0 Å². The summed E-state index contributed by atoms with van der Waals surface area (Å²) in [5.41, 5.74) is 0.0512. The Hall–Kier alpha value is -0.900. The fourth-order valence-corrected chi connectivity index (χ4v) is 1.68. The molecule has 1 aromatic rings. The molecule has 0 atom stereocenters. The Balaban J connectivity index is 2.98. The van der Waals surface area contributed by atoms with E-state index in [1.807, 2.05) is 6.92 Å². The monoisotopic (exact) mass is 274 g/mol. The first-order valence-corrected chi connectivity index (χ1v) is 5.56. The zero-order valence-corrected chi connectivity index (χ0v) is 9.97. The maximum Gasteiger partial charge on any atom is 0.166 e. The molecule has 0 saturated carbocycles. The Kier molecular flexibility index (Phi) is 4.27. The molecule has 0 aliphatic carbocycles. The maximum atomic E-state index is 13.0. The molecule has 0 fully saturated rings. The maximum absolute atomic E-state index is 13.0. The SMILES string of the molecule is CCCCC(=O)c1cc(F)cc(Br)c1O. The van der Waals surface area contributed by atoms with E-state index < -0.39 is 5.82 Å². The molecule has 0 amide bonds. The third-order valence-electron chi connectivity index (χ3n) is 2.09. The van der Waals surface area contributed by atoms with Crippen molar-refractivity contribution in [1.82, 2.24) is 0 Å². The van der Waals surface area contributed by atoms with Gasteiger partial charge in [-0.25, -0.2) is 4.39 Å². The van der Waals surface area contributed by atoms with Crippen molar-refractivity contribution in [3.63, 3.8) is 0 Å². The molecule has 0 radical (unpaired) electrons. The Morgan fingerprint density at radius 3 is 2.80 bits per heavy atom. The molecule has 1 rings (SSSR count). The smallest absolute Gasteiger partial charge is 0.166 e. The van der Waals surface area contributed by atoms with E-state index in [-0.39, 0.29) is 21.6 Å². The van der Waals surface area contributed by atoms with Gasteiger partial charge in [0.25, 0.3) is 0 Å². The molecule has 0 bridgehead atoms. The van der Waals surface area contributed by atoms with Gasteiger partial charge in [-0.15, -0.1) is 0 Å². The molecule has 0 aliphatic rings. The van der Waals surface area contributed by atoms with Crippen LogP contribution >= 0.6 is 15.9 Å². The molecule has 0 aliphatic heterocycles. The molecule has 15 heavy (non-hydrogen) atoms. The lowest BCUT2D eigenvalue weighted by molar-refractivity contribution is 0.0976. The van der Waals surface area contributed by atoms with Crippen LogP contribution in [0.5, 0.6) is 5.75 Å². The van der Waals surface area contributed by atoms with Crippen molar-refractivity contribution in [3.8, 4) is 5.75 Å². The van der Waals surface area contributed by atoms with Crippen LogP contribution in [0.1, 0.15) is 36.5 Å². The number of carbonyl (C=O) groups is 1. The van der Waals surface area contributed by atoms with Gasteiger partial charge in [0.05, 0.1) is 10.0 Å². The summed E-state index contributed by atoms with van der Waals surface area (Å²) < 4.78 is 13.2. The number of carbonyl (C=O) groups excluding carboxylic acids is 1. The second kappa shape index (κ2) is 5.26. The summed E-state index contributed by atoms with van der Waals surface area (Å²) in [7, 11) is 0. The third-order valence-corrected chi connectivity index (χ3v) is 2.69. The molecule has 1 N–H and O–H groups in total. The normalized spacial score (nSPS) is 10.3. The average molecular weight is 275 g/mol.